The van der Waals surface area contributed by atoms with Crippen LogP contribution in [0.1, 0.15) is 13.3 Å². The summed E-state index contributed by atoms with van der Waals surface area (Å²) < 4.78 is 10.9. The van der Waals surface area contributed by atoms with Gasteiger partial charge in [0, 0.05) is 52.0 Å². The van der Waals surface area contributed by atoms with Crippen molar-refractivity contribution in [3.05, 3.63) is 24.3 Å². The molecule has 4 heteroatoms. The summed E-state index contributed by atoms with van der Waals surface area (Å²) in [6, 6.07) is 8.40. The Morgan fingerprint density at radius 3 is 2.53 bits per heavy atom. The molecule has 0 radical (unpaired) electrons. The summed E-state index contributed by atoms with van der Waals surface area (Å²) in [5.41, 5.74) is 1.28. The highest BCUT2D eigenvalue weighted by Gasteiger charge is 2.10. The lowest BCUT2D eigenvalue weighted by atomic mass is 10.2. The van der Waals surface area contributed by atoms with E-state index in [1.165, 1.54) is 5.69 Å². The maximum absolute atomic E-state index is 5.85. The lowest BCUT2D eigenvalue weighted by molar-refractivity contribution is 0.135. The van der Waals surface area contributed by atoms with E-state index in [-0.39, 0.29) is 6.10 Å². The Bertz CT molecular complexity index is 361. The van der Waals surface area contributed by atoms with Gasteiger partial charge < -0.3 is 19.7 Å². The third-order valence-electron chi connectivity index (χ3n) is 3.38. The second kappa shape index (κ2) is 7.36. The zero-order chi connectivity index (χ0) is 13.5. The Kier molecular flexibility index (Phi) is 5.48. The summed E-state index contributed by atoms with van der Waals surface area (Å²) in [5, 5.41) is 3.36. The van der Waals surface area contributed by atoms with E-state index in [1.807, 2.05) is 0 Å². The van der Waals surface area contributed by atoms with Gasteiger partial charge >= 0.3 is 0 Å². The molecule has 106 valence electrons. The maximum atomic E-state index is 5.85. The second-order valence-corrected chi connectivity index (χ2v) is 4.94. The molecule has 1 aliphatic rings. The van der Waals surface area contributed by atoms with E-state index in [9.17, 15) is 0 Å². The number of ether oxygens (including phenoxy) is 2. The Labute approximate surface area is 115 Å². The fraction of sp³-hybridized carbons (Fsp3) is 0.600. The third kappa shape index (κ3) is 4.40. The van der Waals surface area contributed by atoms with Crippen LogP contribution in [0.5, 0.6) is 5.75 Å². The molecule has 1 aliphatic heterocycles. The number of rotatable bonds is 6. The minimum Gasteiger partial charge on any atom is -0.491 e. The fourth-order valence-electron chi connectivity index (χ4n) is 2.23. The normalized spacial score (nSPS) is 17.3. The van der Waals surface area contributed by atoms with Gasteiger partial charge in [-0.1, -0.05) is 0 Å². The quantitative estimate of drug-likeness (QED) is 0.851. The molecule has 1 unspecified atom stereocenters. The molecule has 0 bridgehead atoms. The van der Waals surface area contributed by atoms with Crippen LogP contribution >= 0.6 is 0 Å². The summed E-state index contributed by atoms with van der Waals surface area (Å²) in [6.07, 6.45) is 1.10. The SMILES string of the molecule is COCCC(C)Oc1ccc(N2CCNCC2)cc1. The first-order valence-electron chi connectivity index (χ1n) is 7.01. The van der Waals surface area contributed by atoms with Crippen LogP contribution in [0.25, 0.3) is 0 Å². The van der Waals surface area contributed by atoms with Gasteiger partial charge in [-0.2, -0.15) is 0 Å². The van der Waals surface area contributed by atoms with Gasteiger partial charge in [0.15, 0.2) is 0 Å². The van der Waals surface area contributed by atoms with Crippen molar-refractivity contribution in [1.29, 1.82) is 0 Å². The number of benzene rings is 1. The monoisotopic (exact) mass is 264 g/mol. The number of piperazine rings is 1. The molecule has 1 fully saturated rings. The van der Waals surface area contributed by atoms with Gasteiger partial charge in [-0.05, 0) is 31.2 Å². The molecule has 1 aromatic rings. The smallest absolute Gasteiger partial charge is 0.119 e. The first-order valence-corrected chi connectivity index (χ1v) is 7.01. The lowest BCUT2D eigenvalue weighted by Crippen LogP contribution is -2.43. The molecule has 4 nitrogen and oxygen atoms in total. The van der Waals surface area contributed by atoms with Crippen LogP contribution in [0, 0.1) is 0 Å². The summed E-state index contributed by atoms with van der Waals surface area (Å²) in [4.78, 5) is 2.40. The average Bonchev–Trinajstić information content (AvgIpc) is 2.47. The van der Waals surface area contributed by atoms with Gasteiger partial charge in [-0.3, -0.25) is 0 Å². The summed E-state index contributed by atoms with van der Waals surface area (Å²) in [6.45, 7) is 7.08. The zero-order valence-electron chi connectivity index (χ0n) is 11.9. The Hall–Kier alpha value is -1.26. The van der Waals surface area contributed by atoms with Crippen molar-refractivity contribution in [2.24, 2.45) is 0 Å². The van der Waals surface area contributed by atoms with Crippen LogP contribution in [0.4, 0.5) is 5.69 Å². The van der Waals surface area contributed by atoms with Crippen molar-refractivity contribution in [3.63, 3.8) is 0 Å². The van der Waals surface area contributed by atoms with E-state index in [2.05, 4.69) is 41.4 Å². The molecule has 1 saturated heterocycles. The lowest BCUT2D eigenvalue weighted by Gasteiger charge is -2.29. The Morgan fingerprint density at radius 2 is 1.89 bits per heavy atom. The summed E-state index contributed by atoms with van der Waals surface area (Å²) in [5.74, 6) is 0.933. The molecule has 19 heavy (non-hydrogen) atoms. The molecule has 0 spiro atoms. The van der Waals surface area contributed by atoms with E-state index in [4.69, 9.17) is 9.47 Å². The molecule has 1 atom stereocenters. The highest BCUT2D eigenvalue weighted by Crippen LogP contribution is 2.21. The van der Waals surface area contributed by atoms with Crippen LogP contribution in [0.15, 0.2) is 24.3 Å². The first-order chi connectivity index (χ1) is 9.29. The van der Waals surface area contributed by atoms with Gasteiger partial charge in [0.25, 0.3) is 0 Å². The van der Waals surface area contributed by atoms with Crippen molar-refractivity contribution in [2.45, 2.75) is 19.4 Å². The topological polar surface area (TPSA) is 33.7 Å². The zero-order valence-corrected chi connectivity index (χ0v) is 11.9. The highest BCUT2D eigenvalue weighted by atomic mass is 16.5. The molecule has 1 aromatic carbocycles. The number of nitrogens with one attached hydrogen (secondary N) is 1. The molecule has 1 heterocycles. The Balaban J connectivity index is 1.86. The standard InChI is InChI=1S/C15H24N2O2/c1-13(7-12-18-2)19-15-5-3-14(4-6-15)17-10-8-16-9-11-17/h3-6,13,16H,7-12H2,1-2H3. The minimum atomic E-state index is 0.185. The van der Waals surface area contributed by atoms with Crippen molar-refractivity contribution in [3.8, 4) is 5.75 Å². The average molecular weight is 264 g/mol. The van der Waals surface area contributed by atoms with E-state index < -0.39 is 0 Å². The van der Waals surface area contributed by atoms with Gasteiger partial charge in [-0.15, -0.1) is 0 Å². The number of nitrogens with zero attached hydrogens (tertiary/aromatic N) is 1. The minimum absolute atomic E-state index is 0.185. The first kappa shape index (κ1) is 14.2. The van der Waals surface area contributed by atoms with Crippen molar-refractivity contribution >= 4 is 5.69 Å². The van der Waals surface area contributed by atoms with Crippen LogP contribution < -0.4 is 15.0 Å². The van der Waals surface area contributed by atoms with Crippen LogP contribution in [0.3, 0.4) is 0 Å². The van der Waals surface area contributed by atoms with E-state index >= 15 is 0 Å². The summed E-state index contributed by atoms with van der Waals surface area (Å²) in [7, 11) is 1.72. The van der Waals surface area contributed by atoms with Crippen LogP contribution in [-0.2, 0) is 4.74 Å². The van der Waals surface area contributed by atoms with Crippen LogP contribution in [-0.4, -0.2) is 46.0 Å². The summed E-state index contributed by atoms with van der Waals surface area (Å²) >= 11 is 0. The highest BCUT2D eigenvalue weighted by molar-refractivity contribution is 5.49. The predicted molar refractivity (Wildman–Crippen MR) is 78.1 cm³/mol. The largest absolute Gasteiger partial charge is 0.491 e. The van der Waals surface area contributed by atoms with Crippen LogP contribution in [0.2, 0.25) is 0 Å². The number of anilines is 1. The van der Waals surface area contributed by atoms with Crippen molar-refractivity contribution in [1.82, 2.24) is 5.32 Å². The fourth-order valence-corrected chi connectivity index (χ4v) is 2.23. The molecule has 0 amide bonds. The van der Waals surface area contributed by atoms with Crippen molar-refractivity contribution < 1.29 is 9.47 Å². The molecule has 2 rings (SSSR count). The molecular formula is C15H24N2O2. The van der Waals surface area contributed by atoms with Gasteiger partial charge in [-0.25, -0.2) is 0 Å². The predicted octanol–water partition coefficient (Wildman–Crippen LogP) is 1.90. The molecule has 0 aliphatic carbocycles. The van der Waals surface area contributed by atoms with E-state index in [0.717, 1.165) is 45.0 Å². The van der Waals surface area contributed by atoms with Gasteiger partial charge in [0.1, 0.15) is 5.75 Å². The van der Waals surface area contributed by atoms with E-state index in [1.54, 1.807) is 7.11 Å². The number of methoxy groups -OCH3 is 1. The third-order valence-corrected chi connectivity index (χ3v) is 3.38. The van der Waals surface area contributed by atoms with E-state index in [0.29, 0.717) is 0 Å². The molecule has 0 saturated carbocycles. The molecule has 0 aromatic heterocycles. The number of hydrogen-bond donors (Lipinski definition) is 1. The van der Waals surface area contributed by atoms with Crippen molar-refractivity contribution in [2.75, 3.05) is 44.8 Å². The Morgan fingerprint density at radius 1 is 1.21 bits per heavy atom. The maximum Gasteiger partial charge on any atom is 0.119 e. The number of hydrogen-bond acceptors (Lipinski definition) is 4. The molecular weight excluding hydrogens is 240 g/mol. The second-order valence-electron chi connectivity index (χ2n) is 4.94. The van der Waals surface area contributed by atoms with Gasteiger partial charge in [0.05, 0.1) is 6.10 Å². The van der Waals surface area contributed by atoms with Gasteiger partial charge in [0.2, 0.25) is 0 Å². The molecule has 1 N–H and O–H groups in total.